The fourth-order valence-electron chi connectivity index (χ4n) is 2.86. The van der Waals surface area contributed by atoms with Crippen molar-refractivity contribution < 1.29 is 38.5 Å². The van der Waals surface area contributed by atoms with E-state index in [1.165, 1.54) is 0 Å². The van der Waals surface area contributed by atoms with Crippen LogP contribution in [0.1, 0.15) is 104 Å². The Bertz CT molecular complexity index is 518. The van der Waals surface area contributed by atoms with Gasteiger partial charge in [-0.2, -0.15) is 0 Å². The van der Waals surface area contributed by atoms with E-state index >= 15 is 0 Å². The maximum Gasteiger partial charge on any atom is 0.372 e. The van der Waals surface area contributed by atoms with Gasteiger partial charge in [0, 0.05) is 25.7 Å². The van der Waals surface area contributed by atoms with Crippen LogP contribution in [0.25, 0.3) is 0 Å². The summed E-state index contributed by atoms with van der Waals surface area (Å²) in [7, 11) is 0. The van der Waals surface area contributed by atoms with Crippen LogP contribution in [0.4, 0.5) is 0 Å². The second kappa shape index (κ2) is 20.0. The Kier molecular flexibility index (Phi) is 18.7. The van der Waals surface area contributed by atoms with E-state index in [-0.39, 0.29) is 38.4 Å². The smallest absolute Gasteiger partial charge is 0.372 e. The summed E-state index contributed by atoms with van der Waals surface area (Å²) in [6.07, 6.45) is 9.57. The molecule has 0 aromatic heterocycles. The number of esters is 2. The van der Waals surface area contributed by atoms with Crippen molar-refractivity contribution in [3.05, 3.63) is 0 Å². The normalized spacial score (nSPS) is 11.7. The van der Waals surface area contributed by atoms with Gasteiger partial charge in [0.05, 0.1) is 13.2 Å². The zero-order valence-corrected chi connectivity index (χ0v) is 19.2. The summed E-state index contributed by atoms with van der Waals surface area (Å²) in [6.45, 7) is 4.08. The second-order valence-corrected chi connectivity index (χ2v) is 7.61. The first-order chi connectivity index (χ1) is 14.9. The van der Waals surface area contributed by atoms with Crippen LogP contribution in [0.3, 0.4) is 0 Å². The lowest BCUT2D eigenvalue weighted by atomic mass is 10.1. The lowest BCUT2D eigenvalue weighted by Crippen LogP contribution is -2.26. The number of carboxylic acids is 1. The number of Topliss-reactive ketones (excluding diaryl/α,β-unsaturated/α-hetero) is 1. The van der Waals surface area contributed by atoms with Crippen molar-refractivity contribution in [2.45, 2.75) is 110 Å². The van der Waals surface area contributed by atoms with Gasteiger partial charge in [-0.05, 0) is 12.8 Å². The molecule has 0 aliphatic carbocycles. The first-order valence-electron chi connectivity index (χ1n) is 11.6. The van der Waals surface area contributed by atoms with Crippen molar-refractivity contribution in [1.82, 2.24) is 0 Å². The number of carbonyl (C=O) groups is 4. The number of unbranched alkanes of at least 4 members (excludes halogenated alkanes) is 8. The minimum atomic E-state index is -1.53. The molecule has 0 aromatic rings. The summed E-state index contributed by atoms with van der Waals surface area (Å²) >= 11 is 0. The fourth-order valence-corrected chi connectivity index (χ4v) is 2.86. The van der Waals surface area contributed by atoms with Gasteiger partial charge in [0.2, 0.25) is 12.1 Å². The molecule has 0 aliphatic heterocycles. The number of carboxylic acid groups (broad SMARTS) is 1. The monoisotopic (exact) mass is 444 g/mol. The SMILES string of the molecule is CCCCCCCC(=O)OCCC(OCCC(=O)C(=O)O)OC(=O)CCCCCCC. The fraction of sp³-hybridized carbons (Fsp3) is 0.826. The third-order valence-corrected chi connectivity index (χ3v) is 4.72. The summed E-state index contributed by atoms with van der Waals surface area (Å²) in [5, 5.41) is 8.62. The zero-order valence-electron chi connectivity index (χ0n) is 19.2. The average molecular weight is 445 g/mol. The maximum absolute atomic E-state index is 12.0. The number of hydrogen-bond donors (Lipinski definition) is 1. The van der Waals surface area contributed by atoms with Crippen LogP contribution in [0.2, 0.25) is 0 Å². The van der Waals surface area contributed by atoms with E-state index in [9.17, 15) is 19.2 Å². The van der Waals surface area contributed by atoms with Gasteiger partial charge in [0.1, 0.15) is 0 Å². The molecular weight excluding hydrogens is 404 g/mol. The summed E-state index contributed by atoms with van der Waals surface area (Å²) in [4.78, 5) is 45.6. The highest BCUT2D eigenvalue weighted by molar-refractivity contribution is 6.32. The van der Waals surface area contributed by atoms with Crippen LogP contribution in [0, 0.1) is 0 Å². The summed E-state index contributed by atoms with van der Waals surface area (Å²) in [5.41, 5.74) is 0. The Balaban J connectivity index is 4.30. The molecule has 0 saturated carbocycles. The molecule has 0 spiro atoms. The Morgan fingerprint density at radius 1 is 0.710 bits per heavy atom. The molecule has 0 saturated heterocycles. The van der Waals surface area contributed by atoms with Crippen LogP contribution in [0.5, 0.6) is 0 Å². The molecule has 1 atom stereocenters. The van der Waals surface area contributed by atoms with Gasteiger partial charge in [-0.25, -0.2) is 4.79 Å². The van der Waals surface area contributed by atoms with Crippen molar-refractivity contribution in [2.24, 2.45) is 0 Å². The van der Waals surface area contributed by atoms with Gasteiger partial charge in [-0.3, -0.25) is 14.4 Å². The van der Waals surface area contributed by atoms with Crippen molar-refractivity contribution in [2.75, 3.05) is 13.2 Å². The standard InChI is InChI=1S/C23H40O8/c1-3-5-7-9-11-13-20(25)29-18-16-22(30-17-15-19(24)23(27)28)31-21(26)14-12-10-8-6-4-2/h22H,3-18H2,1-2H3,(H,27,28). The molecule has 0 bridgehead atoms. The molecule has 8 nitrogen and oxygen atoms in total. The predicted octanol–water partition coefficient (Wildman–Crippen LogP) is 4.57. The van der Waals surface area contributed by atoms with E-state index in [1.807, 2.05) is 0 Å². The predicted molar refractivity (Wildman–Crippen MR) is 115 cm³/mol. The van der Waals surface area contributed by atoms with Crippen molar-refractivity contribution in [3.63, 3.8) is 0 Å². The average Bonchev–Trinajstić information content (AvgIpc) is 2.73. The van der Waals surface area contributed by atoms with Gasteiger partial charge < -0.3 is 19.3 Å². The van der Waals surface area contributed by atoms with E-state index in [4.69, 9.17) is 19.3 Å². The van der Waals surface area contributed by atoms with Gasteiger partial charge in [0.25, 0.3) is 0 Å². The highest BCUT2D eigenvalue weighted by Gasteiger charge is 2.18. The Morgan fingerprint density at radius 3 is 1.81 bits per heavy atom. The van der Waals surface area contributed by atoms with E-state index in [1.54, 1.807) is 0 Å². The number of hydrogen-bond acceptors (Lipinski definition) is 7. The van der Waals surface area contributed by atoms with Crippen LogP contribution >= 0.6 is 0 Å². The van der Waals surface area contributed by atoms with Gasteiger partial charge in [-0.1, -0.05) is 65.2 Å². The first kappa shape index (κ1) is 29.0. The Labute approximate surface area is 186 Å². The third-order valence-electron chi connectivity index (χ3n) is 4.72. The highest BCUT2D eigenvalue weighted by atomic mass is 16.7. The summed E-state index contributed by atoms with van der Waals surface area (Å²) in [5.74, 6) is -3.24. The van der Waals surface area contributed by atoms with E-state index < -0.39 is 24.0 Å². The van der Waals surface area contributed by atoms with Gasteiger partial charge >= 0.3 is 17.9 Å². The van der Waals surface area contributed by atoms with Crippen molar-refractivity contribution >= 4 is 23.7 Å². The van der Waals surface area contributed by atoms with Crippen LogP contribution in [-0.2, 0) is 33.4 Å². The van der Waals surface area contributed by atoms with E-state index in [2.05, 4.69) is 13.8 Å². The zero-order chi connectivity index (χ0) is 23.3. The van der Waals surface area contributed by atoms with Gasteiger partial charge in [-0.15, -0.1) is 0 Å². The molecule has 8 heteroatoms. The van der Waals surface area contributed by atoms with Crippen LogP contribution in [0.15, 0.2) is 0 Å². The van der Waals surface area contributed by atoms with Crippen molar-refractivity contribution in [3.8, 4) is 0 Å². The Morgan fingerprint density at radius 2 is 1.26 bits per heavy atom. The summed E-state index contributed by atoms with van der Waals surface area (Å²) < 4.78 is 15.8. The number of carbonyl (C=O) groups excluding carboxylic acids is 3. The molecule has 0 aromatic carbocycles. The quantitative estimate of drug-likeness (QED) is 0.118. The van der Waals surface area contributed by atoms with Gasteiger partial charge in [0.15, 0.2) is 0 Å². The lowest BCUT2D eigenvalue weighted by molar-refractivity contribution is -0.183. The molecule has 1 unspecified atom stereocenters. The van der Waals surface area contributed by atoms with Crippen LogP contribution < -0.4 is 0 Å². The second-order valence-electron chi connectivity index (χ2n) is 7.61. The summed E-state index contributed by atoms with van der Waals surface area (Å²) in [6, 6.07) is 0. The molecule has 0 rings (SSSR count). The number of rotatable bonds is 21. The molecule has 0 radical (unpaired) electrons. The third kappa shape index (κ3) is 18.5. The van der Waals surface area contributed by atoms with Crippen molar-refractivity contribution in [1.29, 1.82) is 0 Å². The van der Waals surface area contributed by atoms with E-state index in [0.717, 1.165) is 64.2 Å². The molecular formula is C23H40O8. The minimum Gasteiger partial charge on any atom is -0.475 e. The molecule has 0 amide bonds. The first-order valence-corrected chi connectivity index (χ1v) is 11.6. The molecule has 0 aliphatic rings. The lowest BCUT2D eigenvalue weighted by Gasteiger charge is -2.18. The van der Waals surface area contributed by atoms with Crippen LogP contribution in [-0.4, -0.2) is 48.3 Å². The molecule has 0 fully saturated rings. The molecule has 180 valence electrons. The number of ether oxygens (including phenoxy) is 3. The largest absolute Gasteiger partial charge is 0.475 e. The maximum atomic E-state index is 12.0. The van der Waals surface area contributed by atoms with E-state index in [0.29, 0.717) is 6.42 Å². The Hall–Kier alpha value is -1.96. The molecule has 31 heavy (non-hydrogen) atoms. The topological polar surface area (TPSA) is 116 Å². The molecule has 0 heterocycles. The number of ketones is 1. The highest BCUT2D eigenvalue weighted by Crippen LogP contribution is 2.10. The minimum absolute atomic E-state index is 0.0229. The molecule has 1 N–H and O–H groups in total. The number of aliphatic carboxylic acids is 1.